The molecule has 0 saturated carbocycles. The van der Waals surface area contributed by atoms with E-state index in [1.165, 1.54) is 29.5 Å². The number of piperidine rings is 1. The molecule has 1 amide bonds. The summed E-state index contributed by atoms with van der Waals surface area (Å²) in [6, 6.07) is 4.18. The smallest absolute Gasteiger partial charge is 0.258 e. The minimum atomic E-state index is -0.622. The Bertz CT molecular complexity index is 707. The fourth-order valence-corrected chi connectivity index (χ4v) is 3.62. The minimum absolute atomic E-state index is 0.0241. The van der Waals surface area contributed by atoms with Gasteiger partial charge < -0.3 is 4.90 Å². The lowest BCUT2D eigenvalue weighted by Crippen LogP contribution is -2.40. The fourth-order valence-electron chi connectivity index (χ4n) is 2.72. The van der Waals surface area contributed by atoms with Gasteiger partial charge in [0.2, 0.25) is 0 Å². The van der Waals surface area contributed by atoms with Crippen LogP contribution in [0.25, 0.3) is 0 Å². The standard InChI is InChI=1S/C16H14ClFN2O2S/c17-11-2-1-3-12(18)13(11)16(22)20-7-4-10(5-8-20)14(21)15-19-6-9-23-15/h1-3,6,9-10H,4-5,7-8H2. The van der Waals surface area contributed by atoms with E-state index < -0.39 is 11.7 Å². The van der Waals surface area contributed by atoms with Crippen molar-refractivity contribution in [2.24, 2.45) is 5.92 Å². The summed E-state index contributed by atoms with van der Waals surface area (Å²) in [5.74, 6) is -1.16. The minimum Gasteiger partial charge on any atom is -0.338 e. The second kappa shape index (κ2) is 6.76. The molecule has 0 unspecified atom stereocenters. The van der Waals surface area contributed by atoms with Crippen LogP contribution in [-0.2, 0) is 0 Å². The molecule has 4 nitrogen and oxygen atoms in total. The summed E-state index contributed by atoms with van der Waals surface area (Å²) in [6.07, 6.45) is 2.71. The van der Waals surface area contributed by atoms with Gasteiger partial charge in [-0.15, -0.1) is 11.3 Å². The molecule has 0 bridgehead atoms. The number of hydrogen-bond donors (Lipinski definition) is 0. The van der Waals surface area contributed by atoms with E-state index in [1.807, 2.05) is 0 Å². The van der Waals surface area contributed by atoms with Crippen LogP contribution in [-0.4, -0.2) is 34.7 Å². The largest absolute Gasteiger partial charge is 0.338 e. The summed E-state index contributed by atoms with van der Waals surface area (Å²) in [4.78, 5) is 30.3. The van der Waals surface area contributed by atoms with Gasteiger partial charge in [0.15, 0.2) is 10.8 Å². The molecule has 3 rings (SSSR count). The number of nitrogens with zero attached hydrogens (tertiary/aromatic N) is 2. The maximum Gasteiger partial charge on any atom is 0.258 e. The highest BCUT2D eigenvalue weighted by atomic mass is 35.5. The lowest BCUT2D eigenvalue weighted by molar-refractivity contribution is 0.0646. The summed E-state index contributed by atoms with van der Waals surface area (Å²) >= 11 is 7.27. The monoisotopic (exact) mass is 352 g/mol. The third kappa shape index (κ3) is 3.28. The van der Waals surface area contributed by atoms with Crippen LogP contribution in [0.15, 0.2) is 29.8 Å². The molecule has 2 heterocycles. The first kappa shape index (κ1) is 16.1. The van der Waals surface area contributed by atoms with Crippen LogP contribution in [0.1, 0.15) is 33.0 Å². The molecule has 0 atom stereocenters. The Morgan fingerprint density at radius 3 is 2.65 bits per heavy atom. The molecular formula is C16H14ClFN2O2S. The number of benzene rings is 1. The van der Waals surface area contributed by atoms with E-state index in [2.05, 4.69) is 4.98 Å². The van der Waals surface area contributed by atoms with Crippen molar-refractivity contribution >= 4 is 34.6 Å². The maximum absolute atomic E-state index is 13.9. The van der Waals surface area contributed by atoms with Gasteiger partial charge in [-0.05, 0) is 25.0 Å². The Hall–Kier alpha value is -1.79. The fraction of sp³-hybridized carbons (Fsp3) is 0.312. The Labute approximate surface area is 141 Å². The number of aromatic nitrogens is 1. The lowest BCUT2D eigenvalue weighted by atomic mass is 9.92. The molecule has 120 valence electrons. The summed E-state index contributed by atoms with van der Waals surface area (Å²) in [5.41, 5.74) is -0.0983. The first-order valence-corrected chi connectivity index (χ1v) is 8.50. The zero-order valence-electron chi connectivity index (χ0n) is 12.2. The maximum atomic E-state index is 13.9. The third-order valence-corrected chi connectivity index (χ3v) is 5.08. The van der Waals surface area contributed by atoms with E-state index in [-0.39, 0.29) is 22.3 Å². The molecule has 2 aromatic rings. The number of amides is 1. The van der Waals surface area contributed by atoms with Crippen molar-refractivity contribution in [3.8, 4) is 0 Å². The van der Waals surface area contributed by atoms with Gasteiger partial charge in [-0.25, -0.2) is 9.37 Å². The van der Waals surface area contributed by atoms with Crippen LogP contribution in [0, 0.1) is 11.7 Å². The van der Waals surface area contributed by atoms with Crippen molar-refractivity contribution in [1.29, 1.82) is 0 Å². The number of halogens is 2. The second-order valence-corrected chi connectivity index (χ2v) is 6.67. The molecule has 0 spiro atoms. The van der Waals surface area contributed by atoms with E-state index in [9.17, 15) is 14.0 Å². The Kier molecular flexibility index (Phi) is 4.73. The summed E-state index contributed by atoms with van der Waals surface area (Å²) in [6.45, 7) is 0.816. The van der Waals surface area contributed by atoms with Gasteiger partial charge in [0.1, 0.15) is 5.82 Å². The van der Waals surface area contributed by atoms with Gasteiger partial charge in [0.05, 0.1) is 10.6 Å². The van der Waals surface area contributed by atoms with Crippen LogP contribution in [0.2, 0.25) is 5.02 Å². The van der Waals surface area contributed by atoms with E-state index in [1.54, 1.807) is 16.5 Å². The van der Waals surface area contributed by atoms with E-state index in [0.29, 0.717) is 30.9 Å². The normalized spacial score (nSPS) is 15.7. The molecule has 0 N–H and O–H groups in total. The first-order valence-electron chi connectivity index (χ1n) is 7.25. The lowest BCUT2D eigenvalue weighted by Gasteiger charge is -2.31. The highest BCUT2D eigenvalue weighted by Crippen LogP contribution is 2.26. The van der Waals surface area contributed by atoms with Crippen LogP contribution in [0.3, 0.4) is 0 Å². The highest BCUT2D eigenvalue weighted by Gasteiger charge is 2.30. The summed E-state index contributed by atoms with van der Waals surface area (Å²) in [5, 5.41) is 2.38. The second-order valence-electron chi connectivity index (χ2n) is 5.36. The van der Waals surface area contributed by atoms with Crippen molar-refractivity contribution in [2.45, 2.75) is 12.8 Å². The van der Waals surface area contributed by atoms with Gasteiger partial charge in [-0.1, -0.05) is 17.7 Å². The molecule has 1 aromatic carbocycles. The van der Waals surface area contributed by atoms with Gasteiger partial charge in [0, 0.05) is 30.6 Å². The van der Waals surface area contributed by atoms with Gasteiger partial charge in [-0.3, -0.25) is 9.59 Å². The Morgan fingerprint density at radius 2 is 2.04 bits per heavy atom. The predicted octanol–water partition coefficient (Wildman–Crippen LogP) is 3.67. The van der Waals surface area contributed by atoms with Crippen LogP contribution >= 0.6 is 22.9 Å². The molecule has 1 aliphatic heterocycles. The van der Waals surface area contributed by atoms with E-state index in [4.69, 9.17) is 11.6 Å². The van der Waals surface area contributed by atoms with E-state index in [0.717, 1.165) is 0 Å². The Balaban J connectivity index is 1.67. The predicted molar refractivity (Wildman–Crippen MR) is 86.5 cm³/mol. The number of carbonyl (C=O) groups excluding carboxylic acids is 2. The SMILES string of the molecule is O=C(c1nccs1)C1CCN(C(=O)c2c(F)cccc2Cl)CC1. The number of thiazole rings is 1. The van der Waals surface area contributed by atoms with Crippen LogP contribution in [0.5, 0.6) is 0 Å². The zero-order valence-corrected chi connectivity index (χ0v) is 13.7. The van der Waals surface area contributed by atoms with Crippen molar-refractivity contribution in [3.05, 3.63) is 51.2 Å². The topological polar surface area (TPSA) is 50.3 Å². The van der Waals surface area contributed by atoms with Crippen molar-refractivity contribution in [3.63, 3.8) is 0 Å². The average molecular weight is 353 g/mol. The van der Waals surface area contributed by atoms with Crippen LogP contribution in [0.4, 0.5) is 4.39 Å². The molecule has 1 aromatic heterocycles. The zero-order chi connectivity index (χ0) is 16.4. The molecule has 1 saturated heterocycles. The number of hydrogen-bond acceptors (Lipinski definition) is 4. The highest BCUT2D eigenvalue weighted by molar-refractivity contribution is 7.11. The molecule has 23 heavy (non-hydrogen) atoms. The number of rotatable bonds is 3. The Morgan fingerprint density at radius 1 is 1.30 bits per heavy atom. The van der Waals surface area contributed by atoms with Crippen molar-refractivity contribution in [2.75, 3.05) is 13.1 Å². The summed E-state index contributed by atoms with van der Waals surface area (Å²) in [7, 11) is 0. The number of likely N-dealkylation sites (tertiary alicyclic amines) is 1. The van der Waals surface area contributed by atoms with Gasteiger partial charge in [-0.2, -0.15) is 0 Å². The molecule has 0 aliphatic carbocycles. The molecule has 1 aliphatic rings. The number of ketones is 1. The van der Waals surface area contributed by atoms with Crippen LogP contribution < -0.4 is 0 Å². The average Bonchev–Trinajstić information content (AvgIpc) is 3.08. The number of Topliss-reactive ketones (excluding diaryl/α,β-unsaturated/α-hetero) is 1. The molecule has 7 heteroatoms. The molecule has 1 fully saturated rings. The number of carbonyl (C=O) groups is 2. The van der Waals surface area contributed by atoms with E-state index >= 15 is 0 Å². The van der Waals surface area contributed by atoms with Gasteiger partial charge in [0.25, 0.3) is 5.91 Å². The third-order valence-electron chi connectivity index (χ3n) is 3.97. The molecule has 0 radical (unpaired) electrons. The van der Waals surface area contributed by atoms with Gasteiger partial charge >= 0.3 is 0 Å². The first-order chi connectivity index (χ1) is 11.1. The molecular weight excluding hydrogens is 339 g/mol. The van der Waals surface area contributed by atoms with Crippen molar-refractivity contribution < 1.29 is 14.0 Å². The quantitative estimate of drug-likeness (QED) is 0.792. The van der Waals surface area contributed by atoms with Crippen molar-refractivity contribution in [1.82, 2.24) is 9.88 Å². The summed E-state index contributed by atoms with van der Waals surface area (Å²) < 4.78 is 13.9.